The minimum Gasteiger partial charge on any atom is -0.372 e. The third-order valence-corrected chi connectivity index (χ3v) is 4.83. The number of amides is 2. The van der Waals surface area contributed by atoms with E-state index >= 15 is 0 Å². The van der Waals surface area contributed by atoms with E-state index in [9.17, 15) is 18.0 Å². The van der Waals surface area contributed by atoms with Crippen LogP contribution in [0, 0.1) is 0 Å². The zero-order valence-corrected chi connectivity index (χ0v) is 12.8. The van der Waals surface area contributed by atoms with Crippen molar-refractivity contribution in [3.8, 4) is 0 Å². The molecule has 0 aliphatic carbocycles. The zero-order chi connectivity index (χ0) is 14.9. The first kappa shape index (κ1) is 14.9. The Balaban J connectivity index is 2.47. The van der Waals surface area contributed by atoms with Gasteiger partial charge in [0, 0.05) is 17.7 Å². The molecule has 1 aromatic heterocycles. The van der Waals surface area contributed by atoms with Crippen LogP contribution in [0.25, 0.3) is 0 Å². The summed E-state index contributed by atoms with van der Waals surface area (Å²) in [6, 6.07) is 1.37. The van der Waals surface area contributed by atoms with Gasteiger partial charge < -0.3 is 5.32 Å². The van der Waals surface area contributed by atoms with Crippen LogP contribution < -0.4 is 10.6 Å². The van der Waals surface area contributed by atoms with Crippen LogP contribution in [0.3, 0.4) is 0 Å². The molecule has 1 aliphatic heterocycles. The normalized spacial score (nSPS) is 16.9. The monoisotopic (exact) mass is 362 g/mol. The number of halogens is 1. The standard InChI is InChI=1S/C10H11BrN4O4S/c1-12-10-7(2-6(11)3-13-10)20(18,19)15-4-8(16)14-9(17)5-15/h2-3H,4-5H2,1H3,(H,12,13)(H,14,16,17). The Morgan fingerprint density at radius 1 is 1.35 bits per heavy atom. The summed E-state index contributed by atoms with van der Waals surface area (Å²) >= 11 is 3.15. The fourth-order valence-electron chi connectivity index (χ4n) is 1.72. The van der Waals surface area contributed by atoms with Gasteiger partial charge in [-0.3, -0.25) is 14.9 Å². The van der Waals surface area contributed by atoms with E-state index in [1.54, 1.807) is 0 Å². The number of imide groups is 1. The van der Waals surface area contributed by atoms with E-state index in [1.807, 2.05) is 5.32 Å². The van der Waals surface area contributed by atoms with E-state index in [0.717, 1.165) is 4.31 Å². The Bertz CT molecular complexity index is 660. The number of pyridine rings is 1. The lowest BCUT2D eigenvalue weighted by atomic mass is 10.4. The maximum atomic E-state index is 12.5. The number of hydrogen-bond acceptors (Lipinski definition) is 6. The number of hydrogen-bond donors (Lipinski definition) is 2. The summed E-state index contributed by atoms with van der Waals surface area (Å²) < 4.78 is 26.3. The third-order valence-electron chi connectivity index (χ3n) is 2.59. The van der Waals surface area contributed by atoms with Crippen LogP contribution in [-0.4, -0.2) is 49.7 Å². The van der Waals surface area contributed by atoms with Crippen LogP contribution >= 0.6 is 15.9 Å². The molecule has 1 fully saturated rings. The second-order valence-electron chi connectivity index (χ2n) is 3.99. The highest BCUT2D eigenvalue weighted by Crippen LogP contribution is 2.26. The van der Waals surface area contributed by atoms with Gasteiger partial charge in [-0.25, -0.2) is 13.4 Å². The number of sulfonamides is 1. The highest BCUT2D eigenvalue weighted by Gasteiger charge is 2.34. The molecule has 0 bridgehead atoms. The SMILES string of the molecule is CNc1ncc(Br)cc1S(=O)(=O)N1CC(=O)NC(=O)C1. The number of carbonyl (C=O) groups is 2. The molecule has 0 spiro atoms. The molecule has 108 valence electrons. The maximum Gasteiger partial charge on any atom is 0.247 e. The topological polar surface area (TPSA) is 108 Å². The molecule has 1 saturated heterocycles. The number of aromatic nitrogens is 1. The zero-order valence-electron chi connectivity index (χ0n) is 10.4. The average molecular weight is 363 g/mol. The van der Waals surface area contributed by atoms with Crippen LogP contribution in [-0.2, 0) is 19.6 Å². The van der Waals surface area contributed by atoms with Gasteiger partial charge in [-0.15, -0.1) is 0 Å². The van der Waals surface area contributed by atoms with Gasteiger partial charge in [-0.05, 0) is 22.0 Å². The van der Waals surface area contributed by atoms with E-state index in [-0.39, 0.29) is 10.7 Å². The quantitative estimate of drug-likeness (QED) is 0.703. The molecule has 1 aliphatic rings. The number of nitrogens with zero attached hydrogens (tertiary/aromatic N) is 2. The molecule has 20 heavy (non-hydrogen) atoms. The van der Waals surface area contributed by atoms with Gasteiger partial charge in [0.2, 0.25) is 21.8 Å². The molecule has 10 heteroatoms. The van der Waals surface area contributed by atoms with Gasteiger partial charge in [0.05, 0.1) is 13.1 Å². The molecule has 2 N–H and O–H groups in total. The van der Waals surface area contributed by atoms with Gasteiger partial charge in [0.15, 0.2) is 0 Å². The smallest absolute Gasteiger partial charge is 0.247 e. The van der Waals surface area contributed by atoms with E-state index in [4.69, 9.17) is 0 Å². The van der Waals surface area contributed by atoms with Gasteiger partial charge >= 0.3 is 0 Å². The molecule has 1 aromatic rings. The Labute approximate surface area is 123 Å². The lowest BCUT2D eigenvalue weighted by molar-refractivity contribution is -0.134. The van der Waals surface area contributed by atoms with Crippen molar-refractivity contribution in [2.45, 2.75) is 4.90 Å². The van der Waals surface area contributed by atoms with E-state index in [0.29, 0.717) is 4.47 Å². The Hall–Kier alpha value is -1.52. The highest BCUT2D eigenvalue weighted by atomic mass is 79.9. The van der Waals surface area contributed by atoms with E-state index in [1.165, 1.54) is 19.3 Å². The number of piperazine rings is 1. The van der Waals surface area contributed by atoms with Crippen molar-refractivity contribution in [2.24, 2.45) is 0 Å². The van der Waals surface area contributed by atoms with Crippen LogP contribution in [0.5, 0.6) is 0 Å². The Morgan fingerprint density at radius 2 is 1.95 bits per heavy atom. The van der Waals surface area contributed by atoms with E-state index < -0.39 is 34.9 Å². The number of rotatable bonds is 3. The van der Waals surface area contributed by atoms with Crippen molar-refractivity contribution in [1.29, 1.82) is 0 Å². The van der Waals surface area contributed by atoms with Crippen LogP contribution in [0.15, 0.2) is 21.6 Å². The third kappa shape index (κ3) is 2.81. The molecule has 0 atom stereocenters. The summed E-state index contributed by atoms with van der Waals surface area (Å²) in [5, 5.41) is 4.72. The average Bonchev–Trinajstić information content (AvgIpc) is 2.37. The van der Waals surface area contributed by atoms with Gasteiger partial charge in [0.1, 0.15) is 10.7 Å². The second-order valence-corrected chi connectivity index (χ2v) is 6.82. The molecule has 8 nitrogen and oxygen atoms in total. The van der Waals surface area contributed by atoms with Crippen LogP contribution in [0.4, 0.5) is 5.82 Å². The summed E-state index contributed by atoms with van der Waals surface area (Å²) in [6.45, 7) is -0.798. The highest BCUT2D eigenvalue weighted by molar-refractivity contribution is 9.10. The van der Waals surface area contributed by atoms with Crippen molar-refractivity contribution >= 4 is 43.6 Å². The molecular formula is C10H11BrN4O4S. The molecule has 0 aromatic carbocycles. The van der Waals surface area contributed by atoms with Gasteiger partial charge in [0.25, 0.3) is 0 Å². The number of carbonyl (C=O) groups excluding carboxylic acids is 2. The van der Waals surface area contributed by atoms with Crippen LogP contribution in [0.1, 0.15) is 0 Å². The predicted molar refractivity (Wildman–Crippen MR) is 73.4 cm³/mol. The lowest BCUT2D eigenvalue weighted by Gasteiger charge is -2.25. The van der Waals surface area contributed by atoms with Gasteiger partial charge in [-0.1, -0.05) is 0 Å². The Kier molecular flexibility index (Phi) is 4.06. The van der Waals surface area contributed by atoms with Crippen molar-refractivity contribution in [3.05, 3.63) is 16.7 Å². The summed E-state index contributed by atoms with van der Waals surface area (Å²) in [5.74, 6) is -1.16. The first-order chi connectivity index (χ1) is 9.34. The van der Waals surface area contributed by atoms with Crippen LogP contribution in [0.2, 0.25) is 0 Å². The maximum absolute atomic E-state index is 12.5. The molecule has 0 unspecified atom stereocenters. The summed E-state index contributed by atoms with van der Waals surface area (Å²) in [4.78, 5) is 26.5. The van der Waals surface area contributed by atoms with Crippen molar-refractivity contribution < 1.29 is 18.0 Å². The molecule has 2 amide bonds. The first-order valence-corrected chi connectivity index (χ1v) is 7.74. The molecule has 2 rings (SSSR count). The lowest BCUT2D eigenvalue weighted by Crippen LogP contribution is -2.53. The van der Waals surface area contributed by atoms with Crippen molar-refractivity contribution in [1.82, 2.24) is 14.6 Å². The minimum atomic E-state index is -4.00. The minimum absolute atomic E-state index is 0.100. The molecule has 0 saturated carbocycles. The number of nitrogens with one attached hydrogen (secondary N) is 2. The van der Waals surface area contributed by atoms with Gasteiger partial charge in [-0.2, -0.15) is 4.31 Å². The Morgan fingerprint density at radius 3 is 2.50 bits per heavy atom. The fraction of sp³-hybridized carbons (Fsp3) is 0.300. The number of anilines is 1. The second kappa shape index (κ2) is 5.46. The first-order valence-electron chi connectivity index (χ1n) is 5.50. The largest absolute Gasteiger partial charge is 0.372 e. The van der Waals surface area contributed by atoms with Crippen molar-refractivity contribution in [2.75, 3.05) is 25.5 Å². The van der Waals surface area contributed by atoms with Crippen molar-refractivity contribution in [3.63, 3.8) is 0 Å². The summed E-state index contributed by atoms with van der Waals surface area (Å²) in [7, 11) is -2.47. The molecule has 0 radical (unpaired) electrons. The van der Waals surface area contributed by atoms with E-state index in [2.05, 4.69) is 26.2 Å². The molecular weight excluding hydrogens is 352 g/mol. The molecule has 2 heterocycles. The summed E-state index contributed by atoms with van der Waals surface area (Å²) in [5.41, 5.74) is 0. The fourth-order valence-corrected chi connectivity index (χ4v) is 3.74. The predicted octanol–water partition coefficient (Wildman–Crippen LogP) is -0.467. The summed E-state index contributed by atoms with van der Waals surface area (Å²) in [6.07, 6.45) is 1.44.